The number of aryl methyl sites for hydroxylation is 2. The molecule has 1 aliphatic rings. The first-order valence-corrected chi connectivity index (χ1v) is 15.9. The van der Waals surface area contributed by atoms with Gasteiger partial charge < -0.3 is 28.7 Å². The first-order valence-electron chi connectivity index (χ1n) is 13.0. The van der Waals surface area contributed by atoms with Crippen molar-refractivity contribution in [3.05, 3.63) is 35.5 Å². The highest BCUT2D eigenvalue weighted by atomic mass is 28.4. The fraction of sp³-hybridized carbons (Fsp3) is 0.593. The number of carbonyl (C=O) groups is 1. The second-order valence-corrected chi connectivity index (χ2v) is 16.2. The summed E-state index contributed by atoms with van der Waals surface area (Å²) in [5.74, 6) is 1.45. The lowest BCUT2D eigenvalue weighted by molar-refractivity contribution is 0.0592. The Labute approximate surface area is 219 Å². The van der Waals surface area contributed by atoms with Crippen LogP contribution in [0.3, 0.4) is 0 Å². The topological polar surface area (TPSA) is 115 Å². The predicted octanol–water partition coefficient (Wildman–Crippen LogP) is 6.21. The van der Waals surface area contributed by atoms with E-state index >= 15 is 0 Å². The van der Waals surface area contributed by atoms with E-state index in [9.17, 15) is 4.79 Å². The lowest BCUT2D eigenvalue weighted by Crippen LogP contribution is -2.41. The standard InChI is InChI=1S/C27H40N4O5Si/c1-17-24(18(2)36-30-17)19-8-9-22-21(16-19)29-25(31(22)20-10-13-33-14-11-20)23(35-26(28)32)12-15-34-37(6,7)27(3,4)5/h8-9,16,20,23H,10-15H2,1-7H3,(H2,28,32)/t23-/m0/s1. The SMILES string of the molecule is Cc1noc(C)c1-c1ccc2c(c1)nc([C@H](CCO[Si](C)(C)C(C)(C)C)OC(N)=O)n2C1CCOCC1. The zero-order valence-electron chi connectivity index (χ0n) is 23.1. The van der Waals surface area contributed by atoms with Crippen molar-refractivity contribution in [2.75, 3.05) is 19.8 Å². The molecule has 202 valence electrons. The summed E-state index contributed by atoms with van der Waals surface area (Å²) >= 11 is 0. The highest BCUT2D eigenvalue weighted by molar-refractivity contribution is 6.74. The largest absolute Gasteiger partial charge is 0.438 e. The number of aromatic nitrogens is 3. The maximum absolute atomic E-state index is 12.0. The number of rotatable bonds is 8. The Morgan fingerprint density at radius 1 is 1.24 bits per heavy atom. The number of imidazole rings is 1. The van der Waals surface area contributed by atoms with Crippen LogP contribution in [0.25, 0.3) is 22.2 Å². The van der Waals surface area contributed by atoms with Gasteiger partial charge in [0.1, 0.15) is 5.76 Å². The van der Waals surface area contributed by atoms with Crippen LogP contribution in [0.15, 0.2) is 22.7 Å². The maximum atomic E-state index is 12.0. The van der Waals surface area contributed by atoms with Gasteiger partial charge in [-0.05, 0) is 62.5 Å². The average molecular weight is 529 g/mol. The molecule has 0 unspecified atom stereocenters. The van der Waals surface area contributed by atoms with Crippen molar-refractivity contribution in [2.45, 2.75) is 84.2 Å². The molecule has 1 aromatic carbocycles. The van der Waals surface area contributed by atoms with E-state index in [1.165, 1.54) is 0 Å². The summed E-state index contributed by atoms with van der Waals surface area (Å²) in [6, 6.07) is 6.38. The van der Waals surface area contributed by atoms with Gasteiger partial charge in [0.25, 0.3) is 0 Å². The van der Waals surface area contributed by atoms with Gasteiger partial charge in [-0.2, -0.15) is 0 Å². The average Bonchev–Trinajstić information content (AvgIpc) is 3.36. The van der Waals surface area contributed by atoms with E-state index in [1.807, 2.05) is 13.8 Å². The Morgan fingerprint density at radius 2 is 1.95 bits per heavy atom. The van der Waals surface area contributed by atoms with Crippen LogP contribution < -0.4 is 5.73 Å². The minimum atomic E-state index is -1.97. The molecule has 1 atom stereocenters. The summed E-state index contributed by atoms with van der Waals surface area (Å²) in [6.45, 7) is 16.7. The molecule has 1 saturated heterocycles. The number of nitrogens with zero attached hydrogens (tertiary/aromatic N) is 3. The fourth-order valence-electron chi connectivity index (χ4n) is 4.74. The van der Waals surface area contributed by atoms with Gasteiger partial charge in [-0.1, -0.05) is 32.0 Å². The van der Waals surface area contributed by atoms with Gasteiger partial charge in [0, 0.05) is 37.8 Å². The predicted molar refractivity (Wildman–Crippen MR) is 145 cm³/mol. The van der Waals surface area contributed by atoms with Crippen molar-refractivity contribution >= 4 is 25.4 Å². The minimum Gasteiger partial charge on any atom is -0.438 e. The molecule has 1 fully saturated rings. The first kappa shape index (κ1) is 27.3. The third kappa shape index (κ3) is 5.76. The molecule has 37 heavy (non-hydrogen) atoms. The molecule has 0 radical (unpaired) electrons. The quantitative estimate of drug-likeness (QED) is 0.346. The Bertz CT molecular complexity index is 1230. The number of hydrogen-bond acceptors (Lipinski definition) is 7. The molecule has 10 heteroatoms. The van der Waals surface area contributed by atoms with Gasteiger partial charge in [0.15, 0.2) is 20.2 Å². The van der Waals surface area contributed by atoms with Crippen molar-refractivity contribution in [3.63, 3.8) is 0 Å². The molecular formula is C27H40N4O5Si. The van der Waals surface area contributed by atoms with Gasteiger partial charge in [-0.15, -0.1) is 0 Å². The lowest BCUT2D eigenvalue weighted by atomic mass is 10.0. The summed E-state index contributed by atoms with van der Waals surface area (Å²) in [6.07, 6.45) is 0.736. The molecule has 0 bridgehead atoms. The number of hydrogen-bond donors (Lipinski definition) is 1. The van der Waals surface area contributed by atoms with Gasteiger partial charge >= 0.3 is 6.09 Å². The van der Waals surface area contributed by atoms with Crippen LogP contribution in [0.2, 0.25) is 18.1 Å². The van der Waals surface area contributed by atoms with Crippen LogP contribution in [0, 0.1) is 13.8 Å². The van der Waals surface area contributed by atoms with E-state index in [4.69, 9.17) is 29.1 Å². The van der Waals surface area contributed by atoms with Crippen LogP contribution in [-0.4, -0.2) is 48.9 Å². The second-order valence-electron chi connectivity index (χ2n) is 11.4. The van der Waals surface area contributed by atoms with Crippen molar-refractivity contribution in [1.29, 1.82) is 0 Å². The van der Waals surface area contributed by atoms with E-state index in [1.54, 1.807) is 0 Å². The van der Waals surface area contributed by atoms with E-state index in [0.717, 1.165) is 46.5 Å². The van der Waals surface area contributed by atoms with Crippen LogP contribution in [0.1, 0.15) is 69.5 Å². The first-order chi connectivity index (χ1) is 17.4. The smallest absolute Gasteiger partial charge is 0.405 e. The minimum absolute atomic E-state index is 0.0802. The maximum Gasteiger partial charge on any atom is 0.405 e. The number of fused-ring (bicyclic) bond motifs is 1. The molecule has 0 saturated carbocycles. The van der Waals surface area contributed by atoms with Gasteiger partial charge in [-0.3, -0.25) is 0 Å². The Morgan fingerprint density at radius 3 is 2.54 bits per heavy atom. The second kappa shape index (κ2) is 10.6. The zero-order chi connectivity index (χ0) is 27.0. The van der Waals surface area contributed by atoms with E-state index < -0.39 is 20.5 Å². The molecule has 2 N–H and O–H groups in total. The molecule has 0 spiro atoms. The lowest BCUT2D eigenvalue weighted by Gasteiger charge is -2.36. The molecular weight excluding hydrogens is 488 g/mol. The number of nitrogens with two attached hydrogens (primary N) is 1. The van der Waals surface area contributed by atoms with E-state index in [2.05, 4.69) is 61.8 Å². The van der Waals surface area contributed by atoms with Crippen molar-refractivity contribution in [2.24, 2.45) is 5.73 Å². The monoisotopic (exact) mass is 528 g/mol. The van der Waals surface area contributed by atoms with Gasteiger partial charge in [0.05, 0.1) is 16.7 Å². The molecule has 3 heterocycles. The molecule has 1 aliphatic heterocycles. The molecule has 3 aromatic rings. The fourth-order valence-corrected chi connectivity index (χ4v) is 5.80. The number of benzene rings is 1. The molecule has 1 amide bonds. The molecule has 2 aromatic heterocycles. The Balaban J connectivity index is 1.75. The number of ether oxygens (including phenoxy) is 2. The molecule has 9 nitrogen and oxygen atoms in total. The van der Waals surface area contributed by atoms with Gasteiger partial charge in [0.2, 0.25) is 0 Å². The third-order valence-electron chi connectivity index (χ3n) is 7.79. The summed E-state index contributed by atoms with van der Waals surface area (Å²) in [7, 11) is -1.97. The van der Waals surface area contributed by atoms with Crippen LogP contribution >= 0.6 is 0 Å². The van der Waals surface area contributed by atoms with Crippen molar-refractivity contribution in [1.82, 2.24) is 14.7 Å². The number of primary amides is 1. The van der Waals surface area contributed by atoms with E-state index in [0.29, 0.717) is 32.1 Å². The van der Waals surface area contributed by atoms with Gasteiger partial charge in [-0.25, -0.2) is 9.78 Å². The van der Waals surface area contributed by atoms with Crippen LogP contribution in [-0.2, 0) is 13.9 Å². The molecule has 4 rings (SSSR count). The Kier molecular flexibility index (Phi) is 7.82. The normalized spacial score (nSPS) is 16.3. The molecule has 0 aliphatic carbocycles. The number of amides is 1. The number of carbonyl (C=O) groups excluding carboxylic acids is 1. The Hall–Kier alpha value is -2.69. The highest BCUT2D eigenvalue weighted by Gasteiger charge is 2.37. The zero-order valence-corrected chi connectivity index (χ0v) is 24.1. The van der Waals surface area contributed by atoms with Crippen LogP contribution in [0.5, 0.6) is 0 Å². The highest BCUT2D eigenvalue weighted by Crippen LogP contribution is 2.38. The van der Waals surface area contributed by atoms with Crippen molar-refractivity contribution in [3.8, 4) is 11.1 Å². The summed E-state index contributed by atoms with van der Waals surface area (Å²) in [4.78, 5) is 17.0. The summed E-state index contributed by atoms with van der Waals surface area (Å²) in [5, 5.41) is 4.18. The van der Waals surface area contributed by atoms with E-state index in [-0.39, 0.29) is 11.1 Å². The van der Waals surface area contributed by atoms with Crippen LogP contribution in [0.4, 0.5) is 4.79 Å². The summed E-state index contributed by atoms with van der Waals surface area (Å²) < 4.78 is 25.3. The van der Waals surface area contributed by atoms with Crippen molar-refractivity contribution < 1.29 is 23.2 Å². The third-order valence-corrected chi connectivity index (χ3v) is 12.3. The summed E-state index contributed by atoms with van der Waals surface area (Å²) in [5.41, 5.74) is 10.1.